The number of nitriles is 1. The number of halogens is 1. The molecule has 0 unspecified atom stereocenters. The van der Waals surface area contributed by atoms with E-state index in [1.165, 1.54) is 18.4 Å². The third-order valence-corrected chi connectivity index (χ3v) is 8.10. The Hall–Kier alpha value is -4.21. The average molecular weight is 678 g/mol. The number of methoxy groups -OCH3 is 1. The van der Waals surface area contributed by atoms with Gasteiger partial charge in [0.05, 0.1) is 39.1 Å². The molecule has 0 fully saturated rings. The third-order valence-electron chi connectivity index (χ3n) is 6.32. The van der Waals surface area contributed by atoms with E-state index in [-0.39, 0.29) is 18.8 Å². The van der Waals surface area contributed by atoms with Gasteiger partial charge in [0.25, 0.3) is 5.56 Å². The second-order valence-electron chi connectivity index (χ2n) is 8.82. The molecule has 0 bridgehead atoms. The third kappa shape index (κ3) is 5.68. The van der Waals surface area contributed by atoms with E-state index in [2.05, 4.69) is 22.6 Å². The van der Waals surface area contributed by atoms with E-state index in [0.717, 1.165) is 14.7 Å². The van der Waals surface area contributed by atoms with Crippen molar-refractivity contribution in [2.24, 2.45) is 4.99 Å². The molecular weight excluding hydrogens is 653 g/mol. The van der Waals surface area contributed by atoms with Gasteiger partial charge in [0, 0.05) is 5.56 Å². The number of rotatable bonds is 8. The molecule has 206 valence electrons. The Morgan fingerprint density at radius 2 is 1.85 bits per heavy atom. The van der Waals surface area contributed by atoms with Gasteiger partial charge >= 0.3 is 5.97 Å². The fraction of sp³-hybridized carbons (Fsp3) is 0.161. The van der Waals surface area contributed by atoms with E-state index in [0.29, 0.717) is 37.7 Å². The first-order valence-corrected chi connectivity index (χ1v) is 14.6. The van der Waals surface area contributed by atoms with Crippen molar-refractivity contribution in [2.45, 2.75) is 13.0 Å². The smallest absolute Gasteiger partial charge is 0.338 e. The van der Waals surface area contributed by atoms with Gasteiger partial charge in [0.2, 0.25) is 0 Å². The number of fused-ring (bicyclic) bond motifs is 1. The highest BCUT2D eigenvalue weighted by molar-refractivity contribution is 14.1. The summed E-state index contributed by atoms with van der Waals surface area (Å²) in [6, 6.07) is 23.7. The molecule has 0 spiro atoms. The first-order chi connectivity index (χ1) is 20.0. The molecule has 0 radical (unpaired) electrons. The summed E-state index contributed by atoms with van der Waals surface area (Å²) in [5.74, 6) is 0.388. The second kappa shape index (κ2) is 12.5. The highest BCUT2D eigenvalue weighted by Crippen LogP contribution is 2.36. The average Bonchev–Trinajstić information content (AvgIpc) is 3.30. The van der Waals surface area contributed by atoms with Gasteiger partial charge in [-0.15, -0.1) is 0 Å². The van der Waals surface area contributed by atoms with Crippen molar-refractivity contribution < 1.29 is 19.0 Å². The van der Waals surface area contributed by atoms with Gasteiger partial charge in [-0.25, -0.2) is 9.79 Å². The maximum atomic E-state index is 14.0. The van der Waals surface area contributed by atoms with Crippen molar-refractivity contribution >= 4 is 51.7 Å². The lowest BCUT2D eigenvalue weighted by Gasteiger charge is -2.25. The lowest BCUT2D eigenvalue weighted by molar-refractivity contribution is -0.138. The molecule has 3 aromatic carbocycles. The van der Waals surface area contributed by atoms with Crippen LogP contribution in [-0.4, -0.2) is 30.9 Å². The lowest BCUT2D eigenvalue weighted by atomic mass is 9.93. The van der Waals surface area contributed by atoms with Crippen LogP contribution in [0.15, 0.2) is 88.2 Å². The maximum absolute atomic E-state index is 14.0. The molecule has 2 heterocycles. The first kappa shape index (κ1) is 28.3. The number of hydrogen-bond acceptors (Lipinski definition) is 8. The zero-order valence-corrected chi connectivity index (χ0v) is 25.1. The van der Waals surface area contributed by atoms with E-state index < -0.39 is 12.0 Å². The number of ether oxygens (including phenoxy) is 3. The van der Waals surface area contributed by atoms with Crippen molar-refractivity contribution in [1.29, 1.82) is 5.26 Å². The molecule has 1 aromatic heterocycles. The van der Waals surface area contributed by atoms with Crippen LogP contribution >= 0.6 is 33.9 Å². The minimum Gasteiger partial charge on any atom is -0.493 e. The van der Waals surface area contributed by atoms with Gasteiger partial charge < -0.3 is 14.2 Å². The summed E-state index contributed by atoms with van der Waals surface area (Å²) in [5.41, 5.74) is 2.72. The van der Waals surface area contributed by atoms with Crippen LogP contribution in [0.25, 0.3) is 11.8 Å². The van der Waals surface area contributed by atoms with Gasteiger partial charge in [-0.2, -0.15) is 5.26 Å². The second-order valence-corrected chi connectivity index (χ2v) is 11.0. The number of aromatic nitrogens is 1. The zero-order chi connectivity index (χ0) is 28.9. The molecule has 5 rings (SSSR count). The molecule has 1 atom stereocenters. The molecule has 0 N–H and O–H groups in total. The summed E-state index contributed by atoms with van der Waals surface area (Å²) < 4.78 is 19.3. The van der Waals surface area contributed by atoms with Crippen molar-refractivity contribution in [1.82, 2.24) is 4.57 Å². The highest BCUT2D eigenvalue weighted by Gasteiger charge is 2.35. The SMILES string of the molecule is CCOC(=O)C1=C(c2ccccc2)N=c2s/c(=C\c3cc(I)c(OCC#N)c(OC)c3)c(=O)n2[C@H]1c1ccccc1. The number of hydrogen-bond donors (Lipinski definition) is 0. The van der Waals surface area contributed by atoms with Crippen molar-refractivity contribution in [2.75, 3.05) is 20.3 Å². The van der Waals surface area contributed by atoms with E-state index in [1.807, 2.05) is 72.8 Å². The van der Waals surface area contributed by atoms with Crippen LogP contribution in [0.5, 0.6) is 11.5 Å². The Labute approximate surface area is 253 Å². The minimum atomic E-state index is -0.736. The molecule has 0 saturated heterocycles. The molecule has 4 aromatic rings. The Balaban J connectivity index is 1.76. The topological polar surface area (TPSA) is 103 Å². The van der Waals surface area contributed by atoms with Gasteiger partial charge in [-0.3, -0.25) is 9.36 Å². The predicted octanol–water partition coefficient (Wildman–Crippen LogP) is 4.45. The Morgan fingerprint density at radius 1 is 1.15 bits per heavy atom. The van der Waals surface area contributed by atoms with Crippen LogP contribution in [0, 0.1) is 14.9 Å². The van der Waals surface area contributed by atoms with Gasteiger partial charge in [-0.1, -0.05) is 72.0 Å². The van der Waals surface area contributed by atoms with Crippen LogP contribution in [0.1, 0.15) is 29.7 Å². The Kier molecular flexibility index (Phi) is 8.66. The van der Waals surface area contributed by atoms with Crippen LogP contribution < -0.4 is 24.4 Å². The molecule has 1 aliphatic heterocycles. The van der Waals surface area contributed by atoms with Crippen molar-refractivity contribution in [3.05, 3.63) is 118 Å². The maximum Gasteiger partial charge on any atom is 0.338 e. The zero-order valence-electron chi connectivity index (χ0n) is 22.2. The van der Waals surface area contributed by atoms with Crippen LogP contribution in [0.3, 0.4) is 0 Å². The van der Waals surface area contributed by atoms with Gasteiger partial charge in [0.15, 0.2) is 22.9 Å². The fourth-order valence-corrected chi connectivity index (χ4v) is 6.39. The number of esters is 1. The van der Waals surface area contributed by atoms with E-state index in [9.17, 15) is 9.59 Å². The standard InChI is InChI=1S/C31H24IN3O5S/c1-3-39-30(37)25-26(20-10-6-4-7-11-20)34-31-35(27(25)21-12-8-5-9-13-21)29(36)24(41-31)18-19-16-22(32)28(40-15-14-33)23(17-19)38-2/h4-13,16-18,27H,3,15H2,1-2H3/b24-18-/t27-/m0/s1. The van der Waals surface area contributed by atoms with Crippen molar-refractivity contribution in [3.8, 4) is 17.6 Å². The summed E-state index contributed by atoms with van der Waals surface area (Å²) in [4.78, 5) is 32.9. The molecule has 0 amide bonds. The van der Waals surface area contributed by atoms with E-state index in [1.54, 1.807) is 23.6 Å². The van der Waals surface area contributed by atoms with Crippen molar-refractivity contribution in [3.63, 3.8) is 0 Å². The largest absolute Gasteiger partial charge is 0.493 e. The summed E-state index contributed by atoms with van der Waals surface area (Å²) in [7, 11) is 1.52. The number of carbonyl (C=O) groups excluding carboxylic acids is 1. The summed E-state index contributed by atoms with van der Waals surface area (Å²) in [6.45, 7) is 1.82. The molecular formula is C31H24IN3O5S. The molecule has 8 nitrogen and oxygen atoms in total. The van der Waals surface area contributed by atoms with Crippen LogP contribution in [0.4, 0.5) is 0 Å². The number of nitrogens with zero attached hydrogens (tertiary/aromatic N) is 3. The fourth-order valence-electron chi connectivity index (χ4n) is 4.61. The van der Waals surface area contributed by atoms with Gasteiger partial charge in [-0.05, 0) is 58.9 Å². The van der Waals surface area contributed by atoms with Gasteiger partial charge in [0.1, 0.15) is 6.07 Å². The van der Waals surface area contributed by atoms with Crippen LogP contribution in [0.2, 0.25) is 0 Å². The first-order valence-electron chi connectivity index (χ1n) is 12.7. The molecule has 1 aliphatic rings. The molecule has 41 heavy (non-hydrogen) atoms. The summed E-state index contributed by atoms with van der Waals surface area (Å²) in [5, 5.41) is 8.92. The lowest BCUT2D eigenvalue weighted by Crippen LogP contribution is -2.40. The normalized spacial score (nSPS) is 14.6. The number of thiazole rings is 1. The highest BCUT2D eigenvalue weighted by atomic mass is 127. The predicted molar refractivity (Wildman–Crippen MR) is 164 cm³/mol. The summed E-state index contributed by atoms with van der Waals surface area (Å²) >= 11 is 3.35. The van der Waals surface area contributed by atoms with E-state index in [4.69, 9.17) is 24.5 Å². The molecule has 0 saturated carbocycles. The quantitative estimate of drug-likeness (QED) is 0.202. The van der Waals surface area contributed by atoms with E-state index >= 15 is 0 Å². The molecule has 10 heteroatoms. The Morgan fingerprint density at radius 3 is 2.51 bits per heavy atom. The number of benzene rings is 3. The summed E-state index contributed by atoms with van der Waals surface area (Å²) in [6.07, 6.45) is 1.76. The minimum absolute atomic E-state index is 0.115. The Bertz CT molecular complexity index is 1860. The number of carbonyl (C=O) groups is 1. The molecule has 0 aliphatic carbocycles. The monoisotopic (exact) mass is 677 g/mol. The van der Waals surface area contributed by atoms with Crippen LogP contribution in [-0.2, 0) is 9.53 Å².